The summed E-state index contributed by atoms with van der Waals surface area (Å²) in [4.78, 5) is 47.5. The van der Waals surface area contributed by atoms with E-state index in [0.717, 1.165) is 48.6 Å². The van der Waals surface area contributed by atoms with E-state index in [-0.39, 0.29) is 24.4 Å². The maximum Gasteiger partial charge on any atom is 0.327 e. The molecule has 0 radical (unpaired) electrons. The number of carbonyl (C=O) groups is 3. The van der Waals surface area contributed by atoms with Crippen molar-refractivity contribution >= 4 is 23.7 Å². The summed E-state index contributed by atoms with van der Waals surface area (Å²) in [6.45, 7) is 2.17. The molecule has 3 aliphatic rings. The van der Waals surface area contributed by atoms with Gasteiger partial charge in [0.25, 0.3) is 5.91 Å². The second-order valence-electron chi connectivity index (χ2n) is 8.67. The zero-order valence-electron chi connectivity index (χ0n) is 17.7. The monoisotopic (exact) mass is 413 g/mol. The molecule has 1 N–H and O–H groups in total. The number of anilines is 1. The SMILES string of the molecule is CN1C(=O)N(CC(=O)NCc2ccc(N3CCCCC3)nc2)C(=O)C12CCCCC2. The van der Waals surface area contributed by atoms with Gasteiger partial charge < -0.3 is 15.1 Å². The number of aromatic nitrogens is 1. The van der Waals surface area contributed by atoms with E-state index < -0.39 is 5.54 Å². The second-order valence-corrected chi connectivity index (χ2v) is 8.67. The van der Waals surface area contributed by atoms with Crippen molar-refractivity contribution in [2.75, 3.05) is 31.6 Å². The minimum atomic E-state index is -0.746. The van der Waals surface area contributed by atoms with Gasteiger partial charge in [-0.25, -0.2) is 9.78 Å². The van der Waals surface area contributed by atoms with E-state index in [1.165, 1.54) is 19.3 Å². The molecular weight excluding hydrogens is 382 g/mol. The number of hydrogen-bond acceptors (Lipinski definition) is 5. The minimum Gasteiger partial charge on any atom is -0.357 e. The molecule has 0 aromatic carbocycles. The number of urea groups is 1. The summed E-state index contributed by atoms with van der Waals surface area (Å²) in [6, 6.07) is 3.58. The number of piperidine rings is 1. The fourth-order valence-electron chi connectivity index (χ4n) is 4.90. The van der Waals surface area contributed by atoms with Crippen LogP contribution >= 0.6 is 0 Å². The first kappa shape index (κ1) is 20.6. The van der Waals surface area contributed by atoms with Crippen molar-refractivity contribution in [1.29, 1.82) is 0 Å². The minimum absolute atomic E-state index is 0.225. The van der Waals surface area contributed by atoms with Gasteiger partial charge in [0.15, 0.2) is 0 Å². The molecule has 162 valence electrons. The van der Waals surface area contributed by atoms with Crippen LogP contribution < -0.4 is 10.2 Å². The lowest BCUT2D eigenvalue weighted by Crippen LogP contribution is -2.49. The number of nitrogens with one attached hydrogen (secondary N) is 1. The van der Waals surface area contributed by atoms with Gasteiger partial charge in [-0.3, -0.25) is 14.5 Å². The Morgan fingerprint density at radius 3 is 2.43 bits per heavy atom. The molecule has 4 rings (SSSR count). The van der Waals surface area contributed by atoms with Crippen LogP contribution in [0.15, 0.2) is 18.3 Å². The van der Waals surface area contributed by atoms with Crippen molar-refractivity contribution in [2.24, 2.45) is 0 Å². The van der Waals surface area contributed by atoms with Gasteiger partial charge in [-0.05, 0) is 43.7 Å². The highest BCUT2D eigenvalue weighted by molar-refractivity contribution is 6.08. The molecule has 8 heteroatoms. The number of imide groups is 1. The summed E-state index contributed by atoms with van der Waals surface area (Å²) in [5.74, 6) is 0.411. The summed E-state index contributed by atoms with van der Waals surface area (Å²) in [7, 11) is 1.68. The quantitative estimate of drug-likeness (QED) is 0.749. The number of rotatable bonds is 5. The van der Waals surface area contributed by atoms with Gasteiger partial charge in [0.1, 0.15) is 17.9 Å². The maximum atomic E-state index is 13.0. The normalized spacial score (nSPS) is 21.4. The maximum absolute atomic E-state index is 13.0. The third kappa shape index (κ3) is 3.87. The predicted molar refractivity (Wildman–Crippen MR) is 113 cm³/mol. The standard InChI is InChI=1S/C22H31N5O3/c1-25-21(30)27(20(29)22(25)10-4-2-5-11-22)16-19(28)24-15-17-8-9-18(23-14-17)26-12-6-3-7-13-26/h8-9,14H,2-7,10-13,15-16H2,1H3,(H,24,28). The molecular formula is C22H31N5O3. The second kappa shape index (κ2) is 8.62. The highest BCUT2D eigenvalue weighted by atomic mass is 16.2. The molecule has 3 heterocycles. The third-order valence-electron chi connectivity index (χ3n) is 6.76. The molecule has 2 aliphatic heterocycles. The first-order chi connectivity index (χ1) is 14.5. The average molecular weight is 414 g/mol. The molecule has 2 saturated heterocycles. The average Bonchev–Trinajstić information content (AvgIpc) is 2.95. The van der Waals surface area contributed by atoms with Gasteiger partial charge in [-0.1, -0.05) is 25.3 Å². The molecule has 1 aromatic heterocycles. The topological polar surface area (TPSA) is 85.8 Å². The van der Waals surface area contributed by atoms with Crippen LogP contribution in [-0.2, 0) is 16.1 Å². The van der Waals surface area contributed by atoms with Crippen molar-refractivity contribution < 1.29 is 14.4 Å². The summed E-state index contributed by atoms with van der Waals surface area (Å²) in [5, 5.41) is 2.81. The van der Waals surface area contributed by atoms with Crippen LogP contribution in [0.3, 0.4) is 0 Å². The van der Waals surface area contributed by atoms with Crippen LogP contribution in [0.25, 0.3) is 0 Å². The lowest BCUT2D eigenvalue weighted by Gasteiger charge is -2.35. The number of likely N-dealkylation sites (N-methyl/N-ethyl adjacent to an activating group) is 1. The van der Waals surface area contributed by atoms with Crippen molar-refractivity contribution in [2.45, 2.75) is 63.5 Å². The Labute approximate surface area is 177 Å². The molecule has 30 heavy (non-hydrogen) atoms. The Hall–Kier alpha value is -2.64. The van der Waals surface area contributed by atoms with Crippen LogP contribution in [-0.4, -0.2) is 64.9 Å². The van der Waals surface area contributed by atoms with E-state index in [2.05, 4.69) is 15.2 Å². The van der Waals surface area contributed by atoms with Crippen LogP contribution in [0.1, 0.15) is 56.9 Å². The van der Waals surface area contributed by atoms with E-state index in [0.29, 0.717) is 19.4 Å². The Kier molecular flexibility index (Phi) is 5.92. The smallest absolute Gasteiger partial charge is 0.327 e. The van der Waals surface area contributed by atoms with Crippen molar-refractivity contribution in [3.05, 3.63) is 23.9 Å². The zero-order chi connectivity index (χ0) is 21.1. The molecule has 8 nitrogen and oxygen atoms in total. The largest absolute Gasteiger partial charge is 0.357 e. The van der Waals surface area contributed by atoms with Crippen LogP contribution in [0.2, 0.25) is 0 Å². The van der Waals surface area contributed by atoms with Gasteiger partial charge in [-0.2, -0.15) is 0 Å². The molecule has 1 aromatic rings. The molecule has 1 spiro atoms. The number of pyridine rings is 1. The Balaban J connectivity index is 1.31. The molecule has 0 bridgehead atoms. The number of nitrogens with zero attached hydrogens (tertiary/aromatic N) is 4. The van der Waals surface area contributed by atoms with E-state index in [1.807, 2.05) is 12.1 Å². The lowest BCUT2D eigenvalue weighted by molar-refractivity contribution is -0.137. The van der Waals surface area contributed by atoms with Crippen molar-refractivity contribution in [1.82, 2.24) is 20.1 Å². The summed E-state index contributed by atoms with van der Waals surface area (Å²) in [6.07, 6.45) is 9.77. The molecule has 0 unspecified atom stereocenters. The molecule has 4 amide bonds. The lowest BCUT2D eigenvalue weighted by atomic mass is 9.81. The zero-order valence-corrected chi connectivity index (χ0v) is 17.7. The molecule has 1 aliphatic carbocycles. The van der Waals surface area contributed by atoms with E-state index in [4.69, 9.17) is 0 Å². The Morgan fingerprint density at radius 1 is 1.07 bits per heavy atom. The molecule has 1 saturated carbocycles. The fourth-order valence-corrected chi connectivity index (χ4v) is 4.90. The van der Waals surface area contributed by atoms with Gasteiger partial charge in [0.2, 0.25) is 5.91 Å². The van der Waals surface area contributed by atoms with Crippen molar-refractivity contribution in [3.63, 3.8) is 0 Å². The number of carbonyl (C=O) groups excluding carboxylic acids is 3. The molecule has 0 atom stereocenters. The third-order valence-corrected chi connectivity index (χ3v) is 6.76. The summed E-state index contributed by atoms with van der Waals surface area (Å²) >= 11 is 0. The van der Waals surface area contributed by atoms with Gasteiger partial charge in [0.05, 0.1) is 0 Å². The fraction of sp³-hybridized carbons (Fsp3) is 0.636. The first-order valence-corrected chi connectivity index (χ1v) is 11.1. The highest BCUT2D eigenvalue weighted by Crippen LogP contribution is 2.39. The van der Waals surface area contributed by atoms with Gasteiger partial charge in [-0.15, -0.1) is 0 Å². The summed E-state index contributed by atoms with van der Waals surface area (Å²) in [5.41, 5.74) is 0.146. The number of hydrogen-bond donors (Lipinski definition) is 1. The van der Waals surface area contributed by atoms with Crippen LogP contribution in [0.5, 0.6) is 0 Å². The van der Waals surface area contributed by atoms with E-state index in [9.17, 15) is 14.4 Å². The van der Waals surface area contributed by atoms with E-state index in [1.54, 1.807) is 18.1 Å². The van der Waals surface area contributed by atoms with Crippen LogP contribution in [0.4, 0.5) is 10.6 Å². The Bertz CT molecular complexity index is 797. The predicted octanol–water partition coefficient (Wildman–Crippen LogP) is 2.28. The summed E-state index contributed by atoms with van der Waals surface area (Å²) < 4.78 is 0. The first-order valence-electron chi connectivity index (χ1n) is 11.1. The highest BCUT2D eigenvalue weighted by Gasteiger charge is 2.55. The van der Waals surface area contributed by atoms with Crippen LogP contribution in [0, 0.1) is 0 Å². The Morgan fingerprint density at radius 2 is 1.77 bits per heavy atom. The van der Waals surface area contributed by atoms with Gasteiger partial charge >= 0.3 is 6.03 Å². The number of amides is 4. The van der Waals surface area contributed by atoms with Crippen molar-refractivity contribution in [3.8, 4) is 0 Å². The van der Waals surface area contributed by atoms with Gasteiger partial charge in [0, 0.05) is 32.9 Å². The van der Waals surface area contributed by atoms with E-state index >= 15 is 0 Å². The molecule has 3 fully saturated rings.